The summed E-state index contributed by atoms with van der Waals surface area (Å²) in [6.07, 6.45) is 0.712. The maximum absolute atomic E-state index is 13.7. The molecule has 0 saturated carbocycles. The summed E-state index contributed by atoms with van der Waals surface area (Å²) in [7, 11) is 0. The van der Waals surface area contributed by atoms with Crippen LogP contribution in [0.4, 0.5) is 4.39 Å². The van der Waals surface area contributed by atoms with Gasteiger partial charge < -0.3 is 0 Å². The first-order valence-corrected chi connectivity index (χ1v) is 8.05. The zero-order chi connectivity index (χ0) is 16.9. The predicted octanol–water partition coefficient (Wildman–Crippen LogP) is 4.25. The van der Waals surface area contributed by atoms with Crippen molar-refractivity contribution in [1.82, 2.24) is 10.2 Å². The van der Waals surface area contributed by atoms with Gasteiger partial charge in [-0.25, -0.2) is 4.39 Å². The molecule has 24 heavy (non-hydrogen) atoms. The molecule has 0 atom stereocenters. The summed E-state index contributed by atoms with van der Waals surface area (Å²) >= 11 is 0. The molecule has 0 spiro atoms. The van der Waals surface area contributed by atoms with Gasteiger partial charge in [-0.05, 0) is 62.6 Å². The van der Waals surface area contributed by atoms with Crippen LogP contribution in [0.3, 0.4) is 0 Å². The normalized spacial score (nSPS) is 15.9. The fourth-order valence-corrected chi connectivity index (χ4v) is 3.33. The Hall–Kier alpha value is -2.62. The van der Waals surface area contributed by atoms with Crippen molar-refractivity contribution < 1.29 is 4.39 Å². The van der Waals surface area contributed by atoms with Gasteiger partial charge in [-0.2, -0.15) is 0 Å². The third kappa shape index (κ3) is 2.48. The lowest BCUT2D eigenvalue weighted by molar-refractivity contribution is 0.510. The smallest absolute Gasteiger partial charge is 0.123 e. The standard InChI is InChI=1S/C20H18FN3/c1-12-5-4-6-13-10-17(23-24-18(12)13)19-16-8-7-15(21)9-14(16)11-20(2,3)22-19/h4-10H,11H2,1-3H3. The zero-order valence-electron chi connectivity index (χ0n) is 14.0. The summed E-state index contributed by atoms with van der Waals surface area (Å²) in [5.41, 5.74) is 5.13. The Labute approximate surface area is 140 Å². The molecule has 4 heteroatoms. The highest BCUT2D eigenvalue weighted by Crippen LogP contribution is 2.30. The van der Waals surface area contributed by atoms with E-state index in [9.17, 15) is 4.39 Å². The monoisotopic (exact) mass is 319 g/mol. The molecule has 0 saturated heterocycles. The first kappa shape index (κ1) is 14.9. The van der Waals surface area contributed by atoms with Crippen LogP contribution in [0.1, 0.15) is 36.2 Å². The van der Waals surface area contributed by atoms with Crippen molar-refractivity contribution >= 4 is 16.6 Å². The molecule has 0 bridgehead atoms. The van der Waals surface area contributed by atoms with E-state index in [4.69, 9.17) is 4.99 Å². The van der Waals surface area contributed by atoms with Crippen LogP contribution in [-0.2, 0) is 6.42 Å². The number of hydrogen-bond donors (Lipinski definition) is 0. The second-order valence-electron chi connectivity index (χ2n) is 6.99. The molecular formula is C20H18FN3. The molecule has 4 rings (SSSR count). The molecule has 1 aliphatic heterocycles. The van der Waals surface area contributed by atoms with Gasteiger partial charge >= 0.3 is 0 Å². The molecule has 1 aromatic heterocycles. The van der Waals surface area contributed by atoms with Gasteiger partial charge in [-0.15, -0.1) is 10.2 Å². The highest BCUT2D eigenvalue weighted by Gasteiger charge is 2.28. The van der Waals surface area contributed by atoms with Gasteiger partial charge in [0, 0.05) is 10.9 Å². The molecule has 0 radical (unpaired) electrons. The van der Waals surface area contributed by atoms with E-state index in [0.29, 0.717) is 6.42 Å². The van der Waals surface area contributed by atoms with Gasteiger partial charge in [0.2, 0.25) is 0 Å². The highest BCUT2D eigenvalue weighted by atomic mass is 19.1. The van der Waals surface area contributed by atoms with Gasteiger partial charge in [-0.1, -0.05) is 18.2 Å². The number of hydrogen-bond acceptors (Lipinski definition) is 3. The minimum absolute atomic E-state index is 0.217. The van der Waals surface area contributed by atoms with E-state index in [1.54, 1.807) is 12.1 Å². The quantitative estimate of drug-likeness (QED) is 0.672. The van der Waals surface area contributed by atoms with E-state index in [1.807, 2.05) is 31.2 Å². The molecule has 2 aromatic carbocycles. The zero-order valence-corrected chi connectivity index (χ0v) is 14.0. The summed E-state index contributed by atoms with van der Waals surface area (Å²) in [4.78, 5) is 4.88. The summed E-state index contributed by atoms with van der Waals surface area (Å²) < 4.78 is 13.7. The minimum atomic E-state index is -0.292. The van der Waals surface area contributed by atoms with Crippen molar-refractivity contribution in [3.05, 3.63) is 70.7 Å². The molecule has 120 valence electrons. The number of aryl methyl sites for hydroxylation is 1. The maximum Gasteiger partial charge on any atom is 0.123 e. The maximum atomic E-state index is 13.7. The fourth-order valence-electron chi connectivity index (χ4n) is 3.33. The molecular weight excluding hydrogens is 301 g/mol. The second kappa shape index (κ2) is 5.20. The number of fused-ring (bicyclic) bond motifs is 2. The number of aromatic nitrogens is 2. The van der Waals surface area contributed by atoms with Crippen molar-refractivity contribution in [3.8, 4) is 0 Å². The summed E-state index contributed by atoms with van der Waals surface area (Å²) in [5.74, 6) is -0.217. The topological polar surface area (TPSA) is 38.1 Å². The molecule has 3 nitrogen and oxygen atoms in total. The predicted molar refractivity (Wildman–Crippen MR) is 94.1 cm³/mol. The van der Waals surface area contributed by atoms with E-state index in [1.165, 1.54) is 6.07 Å². The van der Waals surface area contributed by atoms with Crippen molar-refractivity contribution in [2.24, 2.45) is 4.99 Å². The third-order valence-corrected chi connectivity index (χ3v) is 4.42. The van der Waals surface area contributed by atoms with Gasteiger partial charge in [0.25, 0.3) is 0 Å². The van der Waals surface area contributed by atoms with E-state index < -0.39 is 0 Å². The SMILES string of the molecule is Cc1cccc2cc(C3=NC(C)(C)Cc4cc(F)ccc43)nnc12. The Bertz CT molecular complexity index is 989. The number of aliphatic imine (C=N–C) groups is 1. The Balaban J connectivity index is 1.93. The minimum Gasteiger partial charge on any atom is -0.276 e. The van der Waals surface area contributed by atoms with E-state index in [2.05, 4.69) is 24.0 Å². The lowest BCUT2D eigenvalue weighted by Crippen LogP contribution is -2.30. The fraction of sp³-hybridized carbons (Fsp3) is 0.250. The van der Waals surface area contributed by atoms with E-state index >= 15 is 0 Å². The molecule has 1 aliphatic rings. The summed E-state index contributed by atoms with van der Waals surface area (Å²) in [6, 6.07) is 13.0. The van der Waals surface area contributed by atoms with Crippen LogP contribution in [0, 0.1) is 12.7 Å². The molecule has 3 aromatic rings. The van der Waals surface area contributed by atoms with Gasteiger partial charge in [-0.3, -0.25) is 4.99 Å². The Morgan fingerprint density at radius 2 is 1.88 bits per heavy atom. The average Bonchev–Trinajstić information content (AvgIpc) is 2.52. The summed E-state index contributed by atoms with van der Waals surface area (Å²) in [5, 5.41) is 9.83. The lowest BCUT2D eigenvalue weighted by atomic mass is 9.86. The first-order valence-electron chi connectivity index (χ1n) is 8.05. The van der Waals surface area contributed by atoms with E-state index in [0.717, 1.165) is 39.0 Å². The Morgan fingerprint density at radius 3 is 2.71 bits per heavy atom. The van der Waals surface area contributed by atoms with Gasteiger partial charge in [0.15, 0.2) is 0 Å². The molecule has 0 fully saturated rings. The third-order valence-electron chi connectivity index (χ3n) is 4.42. The Kier molecular flexibility index (Phi) is 3.23. The van der Waals surface area contributed by atoms with Crippen LogP contribution < -0.4 is 0 Å². The van der Waals surface area contributed by atoms with Crippen molar-refractivity contribution in [2.45, 2.75) is 32.7 Å². The Morgan fingerprint density at radius 1 is 1.04 bits per heavy atom. The van der Waals surface area contributed by atoms with Crippen LogP contribution in [0.25, 0.3) is 10.9 Å². The molecule has 0 unspecified atom stereocenters. The van der Waals surface area contributed by atoms with Crippen molar-refractivity contribution in [3.63, 3.8) is 0 Å². The molecule has 0 N–H and O–H groups in total. The highest BCUT2D eigenvalue weighted by molar-refractivity contribution is 6.14. The van der Waals surface area contributed by atoms with Crippen molar-refractivity contribution in [1.29, 1.82) is 0 Å². The number of benzene rings is 2. The van der Waals surface area contributed by atoms with Crippen LogP contribution in [0.15, 0.2) is 47.5 Å². The van der Waals surface area contributed by atoms with Crippen LogP contribution in [-0.4, -0.2) is 21.4 Å². The van der Waals surface area contributed by atoms with Crippen LogP contribution in [0.2, 0.25) is 0 Å². The average molecular weight is 319 g/mol. The number of halogens is 1. The van der Waals surface area contributed by atoms with Crippen molar-refractivity contribution in [2.75, 3.05) is 0 Å². The number of rotatable bonds is 1. The molecule has 0 aliphatic carbocycles. The van der Waals surface area contributed by atoms with E-state index in [-0.39, 0.29) is 11.4 Å². The summed E-state index contributed by atoms with van der Waals surface area (Å²) in [6.45, 7) is 6.13. The molecule has 0 amide bonds. The van der Waals surface area contributed by atoms with Crippen LogP contribution in [0.5, 0.6) is 0 Å². The lowest BCUT2D eigenvalue weighted by Gasteiger charge is -2.28. The molecule has 2 heterocycles. The largest absolute Gasteiger partial charge is 0.276 e. The first-order chi connectivity index (χ1) is 11.4. The van der Waals surface area contributed by atoms with Gasteiger partial charge in [0.05, 0.1) is 16.8 Å². The van der Waals surface area contributed by atoms with Crippen LogP contribution >= 0.6 is 0 Å². The second-order valence-corrected chi connectivity index (χ2v) is 6.99. The number of nitrogens with zero attached hydrogens (tertiary/aromatic N) is 3. The van der Waals surface area contributed by atoms with Gasteiger partial charge in [0.1, 0.15) is 11.5 Å².